The van der Waals surface area contributed by atoms with Gasteiger partial charge in [0.1, 0.15) is 11.5 Å². The highest BCUT2D eigenvalue weighted by molar-refractivity contribution is 6.31. The number of nitrogens with one attached hydrogen (secondary N) is 1. The third-order valence-corrected chi connectivity index (χ3v) is 3.84. The number of benzene rings is 2. The maximum absolute atomic E-state index is 12.3. The maximum atomic E-state index is 12.3. The molecule has 0 spiro atoms. The molecule has 0 aliphatic rings. The van der Waals surface area contributed by atoms with E-state index in [-0.39, 0.29) is 12.0 Å². The molecular weight excluding hydrogens is 338 g/mol. The second-order valence-corrected chi connectivity index (χ2v) is 6.45. The first-order valence-electron chi connectivity index (χ1n) is 8.37. The molecule has 134 valence electrons. The minimum Gasteiger partial charge on any atom is -0.496 e. The van der Waals surface area contributed by atoms with Crippen LogP contribution in [0, 0.1) is 0 Å². The highest BCUT2D eigenvalue weighted by atomic mass is 35.5. The lowest BCUT2D eigenvalue weighted by Gasteiger charge is -2.11. The molecule has 0 aliphatic heterocycles. The van der Waals surface area contributed by atoms with Crippen molar-refractivity contribution in [1.29, 1.82) is 0 Å². The van der Waals surface area contributed by atoms with Gasteiger partial charge < -0.3 is 14.8 Å². The summed E-state index contributed by atoms with van der Waals surface area (Å²) in [6, 6.07) is 13.1. The standard InChI is InChI=1S/C20H24ClNO3/c1-14(2)25-17-8-4-6-15(12-17)7-5-11-22-20(23)18-13-16(21)9-10-19(18)24-3/h4,6,8-10,12-14H,5,7,11H2,1-3H3,(H,22,23). The lowest BCUT2D eigenvalue weighted by molar-refractivity contribution is 0.0950. The lowest BCUT2D eigenvalue weighted by atomic mass is 10.1. The van der Waals surface area contributed by atoms with E-state index in [9.17, 15) is 4.79 Å². The van der Waals surface area contributed by atoms with Crippen LogP contribution < -0.4 is 14.8 Å². The quantitative estimate of drug-likeness (QED) is 0.704. The first-order chi connectivity index (χ1) is 12.0. The molecule has 0 heterocycles. The van der Waals surface area contributed by atoms with Crippen LogP contribution in [0.15, 0.2) is 42.5 Å². The van der Waals surface area contributed by atoms with Crippen LogP contribution >= 0.6 is 11.6 Å². The summed E-state index contributed by atoms with van der Waals surface area (Å²) in [5, 5.41) is 3.42. The van der Waals surface area contributed by atoms with Crippen molar-refractivity contribution in [3.63, 3.8) is 0 Å². The monoisotopic (exact) mass is 361 g/mol. The number of methoxy groups -OCH3 is 1. The van der Waals surface area contributed by atoms with Crippen molar-refractivity contribution in [3.05, 3.63) is 58.6 Å². The van der Waals surface area contributed by atoms with Gasteiger partial charge in [0.2, 0.25) is 0 Å². The summed E-state index contributed by atoms with van der Waals surface area (Å²) in [5.41, 5.74) is 1.63. The van der Waals surface area contributed by atoms with Crippen LogP contribution in [0.2, 0.25) is 5.02 Å². The molecule has 0 saturated carbocycles. The molecule has 1 amide bonds. The average Bonchev–Trinajstić information content (AvgIpc) is 2.58. The Balaban J connectivity index is 1.85. The molecular formula is C20H24ClNO3. The van der Waals surface area contributed by atoms with E-state index in [1.165, 1.54) is 12.7 Å². The van der Waals surface area contributed by atoms with Crippen molar-refractivity contribution >= 4 is 17.5 Å². The van der Waals surface area contributed by atoms with Gasteiger partial charge in [-0.25, -0.2) is 0 Å². The summed E-state index contributed by atoms with van der Waals surface area (Å²) >= 11 is 5.96. The average molecular weight is 362 g/mol. The zero-order valence-corrected chi connectivity index (χ0v) is 15.6. The Kier molecular flexibility index (Phi) is 7.14. The number of carbonyl (C=O) groups excluding carboxylic acids is 1. The second kappa shape index (κ2) is 9.33. The van der Waals surface area contributed by atoms with Crippen LogP contribution in [0.1, 0.15) is 36.2 Å². The Morgan fingerprint density at radius 1 is 1.20 bits per heavy atom. The molecule has 0 aromatic heterocycles. The van der Waals surface area contributed by atoms with E-state index in [1.54, 1.807) is 18.2 Å². The smallest absolute Gasteiger partial charge is 0.255 e. The van der Waals surface area contributed by atoms with Gasteiger partial charge in [-0.05, 0) is 62.6 Å². The fraction of sp³-hybridized carbons (Fsp3) is 0.350. The molecule has 5 heteroatoms. The Morgan fingerprint density at radius 2 is 2.00 bits per heavy atom. The minimum atomic E-state index is -0.184. The fourth-order valence-corrected chi connectivity index (χ4v) is 2.67. The lowest BCUT2D eigenvalue weighted by Crippen LogP contribution is -2.25. The number of amides is 1. The SMILES string of the molecule is COc1ccc(Cl)cc1C(=O)NCCCc1cccc(OC(C)C)c1. The normalized spacial score (nSPS) is 10.6. The zero-order chi connectivity index (χ0) is 18.2. The molecule has 1 N–H and O–H groups in total. The van der Waals surface area contributed by atoms with Crippen molar-refractivity contribution in [2.45, 2.75) is 32.8 Å². The van der Waals surface area contributed by atoms with E-state index < -0.39 is 0 Å². The Morgan fingerprint density at radius 3 is 2.72 bits per heavy atom. The summed E-state index contributed by atoms with van der Waals surface area (Å²) in [7, 11) is 1.53. The number of halogens is 1. The van der Waals surface area contributed by atoms with Crippen LogP contribution in [-0.2, 0) is 6.42 Å². The molecule has 0 radical (unpaired) electrons. The van der Waals surface area contributed by atoms with Gasteiger partial charge in [0, 0.05) is 11.6 Å². The van der Waals surface area contributed by atoms with Crippen molar-refractivity contribution in [3.8, 4) is 11.5 Å². The van der Waals surface area contributed by atoms with E-state index >= 15 is 0 Å². The van der Waals surface area contributed by atoms with Gasteiger partial charge in [0.25, 0.3) is 5.91 Å². The summed E-state index contributed by atoms with van der Waals surface area (Å²) in [6.07, 6.45) is 1.85. The highest BCUT2D eigenvalue weighted by Gasteiger charge is 2.12. The summed E-state index contributed by atoms with van der Waals surface area (Å²) in [6.45, 7) is 4.59. The number of rotatable bonds is 8. The third kappa shape index (κ3) is 5.98. The first kappa shape index (κ1) is 19.1. The van der Waals surface area contributed by atoms with Gasteiger partial charge in [0.15, 0.2) is 0 Å². The predicted octanol–water partition coefficient (Wildman–Crippen LogP) is 4.50. The molecule has 25 heavy (non-hydrogen) atoms. The largest absolute Gasteiger partial charge is 0.496 e. The second-order valence-electron chi connectivity index (χ2n) is 6.02. The van der Waals surface area contributed by atoms with E-state index in [1.807, 2.05) is 32.0 Å². The van der Waals surface area contributed by atoms with E-state index in [0.717, 1.165) is 18.6 Å². The van der Waals surface area contributed by atoms with Crippen LogP contribution in [-0.4, -0.2) is 25.7 Å². The Bertz CT molecular complexity index is 716. The van der Waals surface area contributed by atoms with Crippen LogP contribution in [0.3, 0.4) is 0 Å². The Hall–Kier alpha value is -2.20. The van der Waals surface area contributed by atoms with Gasteiger partial charge in [-0.15, -0.1) is 0 Å². The summed E-state index contributed by atoms with van der Waals surface area (Å²) in [5.74, 6) is 1.21. The van der Waals surface area contributed by atoms with E-state index in [4.69, 9.17) is 21.1 Å². The molecule has 0 saturated heterocycles. The molecule has 0 atom stereocenters. The Labute approximate surface area is 154 Å². The topological polar surface area (TPSA) is 47.6 Å². The molecule has 0 fully saturated rings. The molecule has 2 aromatic rings. The molecule has 0 unspecified atom stereocenters. The number of hydrogen-bond donors (Lipinski definition) is 1. The number of hydrogen-bond acceptors (Lipinski definition) is 3. The van der Waals surface area contributed by atoms with Crippen molar-refractivity contribution in [2.75, 3.05) is 13.7 Å². The van der Waals surface area contributed by atoms with E-state index in [0.29, 0.717) is 22.9 Å². The first-order valence-corrected chi connectivity index (χ1v) is 8.74. The zero-order valence-electron chi connectivity index (χ0n) is 14.8. The minimum absolute atomic E-state index is 0.155. The summed E-state index contributed by atoms with van der Waals surface area (Å²) in [4.78, 5) is 12.3. The number of aryl methyl sites for hydroxylation is 1. The fourth-order valence-electron chi connectivity index (χ4n) is 2.49. The van der Waals surface area contributed by atoms with Gasteiger partial charge in [-0.2, -0.15) is 0 Å². The van der Waals surface area contributed by atoms with Gasteiger partial charge >= 0.3 is 0 Å². The predicted molar refractivity (Wildman–Crippen MR) is 101 cm³/mol. The van der Waals surface area contributed by atoms with Crippen molar-refractivity contribution in [2.24, 2.45) is 0 Å². The molecule has 0 aliphatic carbocycles. The van der Waals surface area contributed by atoms with Gasteiger partial charge in [0.05, 0.1) is 18.8 Å². The molecule has 2 aromatic carbocycles. The van der Waals surface area contributed by atoms with Crippen LogP contribution in [0.25, 0.3) is 0 Å². The highest BCUT2D eigenvalue weighted by Crippen LogP contribution is 2.22. The molecule has 4 nitrogen and oxygen atoms in total. The van der Waals surface area contributed by atoms with Crippen LogP contribution in [0.4, 0.5) is 0 Å². The van der Waals surface area contributed by atoms with Gasteiger partial charge in [-0.1, -0.05) is 23.7 Å². The van der Waals surface area contributed by atoms with Crippen LogP contribution in [0.5, 0.6) is 11.5 Å². The van der Waals surface area contributed by atoms with Crippen molar-refractivity contribution < 1.29 is 14.3 Å². The third-order valence-electron chi connectivity index (χ3n) is 3.60. The maximum Gasteiger partial charge on any atom is 0.255 e. The van der Waals surface area contributed by atoms with Gasteiger partial charge in [-0.3, -0.25) is 4.79 Å². The van der Waals surface area contributed by atoms with E-state index in [2.05, 4.69) is 11.4 Å². The molecule has 0 bridgehead atoms. The number of ether oxygens (including phenoxy) is 2. The van der Waals surface area contributed by atoms with Crippen molar-refractivity contribution in [1.82, 2.24) is 5.32 Å². The molecule has 2 rings (SSSR count). The number of carbonyl (C=O) groups is 1. The summed E-state index contributed by atoms with van der Waals surface area (Å²) < 4.78 is 10.9.